The molecule has 5 nitrogen and oxygen atoms in total. The van der Waals surface area contributed by atoms with Crippen LogP contribution in [-0.2, 0) is 18.5 Å². The highest BCUT2D eigenvalue weighted by Gasteiger charge is 2.30. The molecule has 2 N–H and O–H groups in total. The average Bonchev–Trinajstić information content (AvgIpc) is 3.18. The maximum Gasteiger partial charge on any atom is 0.416 e. The van der Waals surface area contributed by atoms with Gasteiger partial charge < -0.3 is 5.32 Å². The molecule has 0 atom stereocenters. The summed E-state index contributed by atoms with van der Waals surface area (Å²) >= 11 is 1.48. The van der Waals surface area contributed by atoms with Gasteiger partial charge in [-0.3, -0.25) is 9.89 Å². The Morgan fingerprint density at radius 1 is 1.11 bits per heavy atom. The number of hydrogen-bond acceptors (Lipinski definition) is 4. The summed E-state index contributed by atoms with van der Waals surface area (Å²) in [6, 6.07) is 11.9. The molecule has 0 saturated carbocycles. The number of carbonyl (C=O) groups is 1. The molecule has 0 spiro atoms. The SMILES string of the molecule is O=C(NCc1cccc(C(F)(F)F)c1)c1ccc(CSc2ncn[nH]2)cc1. The fraction of sp³-hybridized carbons (Fsp3) is 0.167. The Hall–Kier alpha value is -2.81. The predicted octanol–water partition coefficient (Wildman–Crippen LogP) is 4.05. The van der Waals surface area contributed by atoms with Gasteiger partial charge in [0.2, 0.25) is 0 Å². The highest BCUT2D eigenvalue weighted by Crippen LogP contribution is 2.29. The molecule has 0 radical (unpaired) electrons. The van der Waals surface area contributed by atoms with Crippen LogP contribution in [0, 0.1) is 0 Å². The minimum Gasteiger partial charge on any atom is -0.348 e. The first-order valence-corrected chi connectivity index (χ1v) is 8.92. The topological polar surface area (TPSA) is 70.7 Å². The molecule has 1 amide bonds. The number of halogens is 3. The molecule has 0 aliphatic rings. The molecule has 0 bridgehead atoms. The molecule has 3 rings (SSSR count). The van der Waals surface area contributed by atoms with Crippen LogP contribution in [0.3, 0.4) is 0 Å². The van der Waals surface area contributed by atoms with Crippen molar-refractivity contribution in [2.24, 2.45) is 0 Å². The fourth-order valence-corrected chi connectivity index (χ4v) is 3.04. The Morgan fingerprint density at radius 3 is 2.56 bits per heavy atom. The van der Waals surface area contributed by atoms with Crippen LogP contribution in [0.2, 0.25) is 0 Å². The Labute approximate surface area is 157 Å². The van der Waals surface area contributed by atoms with E-state index >= 15 is 0 Å². The van der Waals surface area contributed by atoms with E-state index in [1.54, 1.807) is 18.2 Å². The maximum atomic E-state index is 12.7. The van der Waals surface area contributed by atoms with Crippen LogP contribution >= 0.6 is 11.8 Å². The van der Waals surface area contributed by atoms with E-state index in [1.165, 1.54) is 24.2 Å². The van der Waals surface area contributed by atoms with E-state index in [-0.39, 0.29) is 12.5 Å². The number of hydrogen-bond donors (Lipinski definition) is 2. The highest BCUT2D eigenvalue weighted by atomic mass is 32.2. The summed E-state index contributed by atoms with van der Waals surface area (Å²) in [5, 5.41) is 9.85. The van der Waals surface area contributed by atoms with Crippen molar-refractivity contribution in [3.8, 4) is 0 Å². The quantitative estimate of drug-likeness (QED) is 0.621. The highest BCUT2D eigenvalue weighted by molar-refractivity contribution is 7.98. The summed E-state index contributed by atoms with van der Waals surface area (Å²) in [4.78, 5) is 16.2. The average molecular weight is 392 g/mol. The van der Waals surface area contributed by atoms with E-state index in [9.17, 15) is 18.0 Å². The first kappa shape index (κ1) is 19.0. The third-order valence-electron chi connectivity index (χ3n) is 3.69. The van der Waals surface area contributed by atoms with E-state index in [4.69, 9.17) is 0 Å². The van der Waals surface area contributed by atoms with Crippen molar-refractivity contribution < 1.29 is 18.0 Å². The van der Waals surface area contributed by atoms with Crippen molar-refractivity contribution >= 4 is 17.7 Å². The van der Waals surface area contributed by atoms with Crippen molar-refractivity contribution in [3.63, 3.8) is 0 Å². The minimum absolute atomic E-state index is 0.0197. The zero-order valence-corrected chi connectivity index (χ0v) is 14.8. The largest absolute Gasteiger partial charge is 0.416 e. The third-order valence-corrected chi connectivity index (χ3v) is 4.64. The fourth-order valence-electron chi connectivity index (χ4n) is 2.31. The first-order chi connectivity index (χ1) is 12.9. The van der Waals surface area contributed by atoms with Crippen LogP contribution in [-0.4, -0.2) is 21.1 Å². The molecule has 9 heteroatoms. The number of alkyl halides is 3. The van der Waals surface area contributed by atoms with Gasteiger partial charge in [0.1, 0.15) is 6.33 Å². The number of nitrogens with zero attached hydrogens (tertiary/aromatic N) is 2. The number of benzene rings is 2. The number of thioether (sulfide) groups is 1. The summed E-state index contributed by atoms with van der Waals surface area (Å²) < 4.78 is 38.2. The van der Waals surface area contributed by atoms with Crippen molar-refractivity contribution in [2.75, 3.05) is 0 Å². The molecule has 2 aromatic carbocycles. The van der Waals surface area contributed by atoms with Crippen molar-refractivity contribution in [2.45, 2.75) is 23.6 Å². The Kier molecular flexibility index (Phi) is 5.80. The lowest BCUT2D eigenvalue weighted by Crippen LogP contribution is -2.23. The van der Waals surface area contributed by atoms with E-state index in [0.717, 1.165) is 17.7 Å². The standard InChI is InChI=1S/C18H15F3N4OS/c19-18(20,21)15-3-1-2-13(8-15)9-22-16(26)14-6-4-12(5-7-14)10-27-17-23-11-24-25-17/h1-8,11H,9-10H2,(H,22,26)(H,23,24,25). The van der Waals surface area contributed by atoms with Crippen molar-refractivity contribution in [1.29, 1.82) is 0 Å². The summed E-state index contributed by atoms with van der Waals surface area (Å²) in [6.07, 6.45) is -2.97. The molecule has 140 valence electrons. The smallest absolute Gasteiger partial charge is 0.348 e. The summed E-state index contributed by atoms with van der Waals surface area (Å²) in [5.41, 5.74) is 1.10. The third kappa shape index (κ3) is 5.33. The number of rotatable bonds is 6. The number of amides is 1. The van der Waals surface area contributed by atoms with Gasteiger partial charge in [0.15, 0.2) is 5.16 Å². The molecule has 1 heterocycles. The van der Waals surface area contributed by atoms with Gasteiger partial charge >= 0.3 is 6.18 Å². The van der Waals surface area contributed by atoms with Gasteiger partial charge in [0, 0.05) is 17.9 Å². The second-order valence-electron chi connectivity index (χ2n) is 5.66. The molecule has 0 fully saturated rings. The van der Waals surface area contributed by atoms with Crippen LogP contribution < -0.4 is 5.32 Å². The van der Waals surface area contributed by atoms with Gasteiger partial charge in [-0.2, -0.15) is 18.3 Å². The summed E-state index contributed by atoms with van der Waals surface area (Å²) in [6.45, 7) is 0.0197. The van der Waals surface area contributed by atoms with Crippen molar-refractivity contribution in [1.82, 2.24) is 20.5 Å². The minimum atomic E-state index is -4.40. The van der Waals surface area contributed by atoms with E-state index in [2.05, 4.69) is 20.5 Å². The van der Waals surface area contributed by atoms with Crippen LogP contribution in [0.5, 0.6) is 0 Å². The van der Waals surface area contributed by atoms with Gasteiger partial charge in [-0.25, -0.2) is 4.98 Å². The van der Waals surface area contributed by atoms with Gasteiger partial charge in [0.25, 0.3) is 5.91 Å². The van der Waals surface area contributed by atoms with Crippen LogP contribution in [0.1, 0.15) is 27.0 Å². The lowest BCUT2D eigenvalue weighted by Gasteiger charge is -2.10. The molecule has 0 aliphatic carbocycles. The number of nitrogens with one attached hydrogen (secondary N) is 2. The van der Waals surface area contributed by atoms with Crippen LogP contribution in [0.25, 0.3) is 0 Å². The van der Waals surface area contributed by atoms with E-state index < -0.39 is 11.7 Å². The Morgan fingerprint density at radius 2 is 1.89 bits per heavy atom. The first-order valence-electron chi connectivity index (χ1n) is 7.93. The van der Waals surface area contributed by atoms with Gasteiger partial charge in [-0.05, 0) is 35.4 Å². The zero-order chi connectivity index (χ0) is 19.3. The Balaban J connectivity index is 1.55. The number of carbonyl (C=O) groups excluding carboxylic acids is 1. The lowest BCUT2D eigenvalue weighted by atomic mass is 10.1. The van der Waals surface area contributed by atoms with Crippen molar-refractivity contribution in [3.05, 3.63) is 77.1 Å². The molecule has 3 aromatic rings. The molecular formula is C18H15F3N4OS. The van der Waals surface area contributed by atoms with Crippen LogP contribution in [0.4, 0.5) is 13.2 Å². The van der Waals surface area contributed by atoms with E-state index in [0.29, 0.717) is 22.0 Å². The van der Waals surface area contributed by atoms with Gasteiger partial charge in [0.05, 0.1) is 5.56 Å². The van der Waals surface area contributed by atoms with Gasteiger partial charge in [-0.15, -0.1) is 0 Å². The molecule has 1 aromatic heterocycles. The molecule has 0 aliphatic heterocycles. The molecule has 27 heavy (non-hydrogen) atoms. The summed E-state index contributed by atoms with van der Waals surface area (Å²) in [7, 11) is 0. The normalized spacial score (nSPS) is 11.4. The molecular weight excluding hydrogens is 377 g/mol. The van der Waals surface area contributed by atoms with E-state index in [1.807, 2.05) is 12.1 Å². The Bertz CT molecular complexity index is 896. The maximum absolute atomic E-state index is 12.7. The van der Waals surface area contributed by atoms with Crippen LogP contribution in [0.15, 0.2) is 60.0 Å². The number of aromatic nitrogens is 3. The van der Waals surface area contributed by atoms with Gasteiger partial charge in [-0.1, -0.05) is 36.0 Å². The lowest BCUT2D eigenvalue weighted by molar-refractivity contribution is -0.137. The summed E-state index contributed by atoms with van der Waals surface area (Å²) in [5.74, 6) is 0.322. The molecule has 0 saturated heterocycles. The predicted molar refractivity (Wildman–Crippen MR) is 95.0 cm³/mol. The monoisotopic (exact) mass is 392 g/mol. The second-order valence-corrected chi connectivity index (χ2v) is 6.62. The zero-order valence-electron chi connectivity index (χ0n) is 14.0. The number of H-pyrrole nitrogens is 1. The number of aromatic amines is 1. The molecule has 0 unspecified atom stereocenters. The second kappa shape index (κ2) is 8.26.